The topological polar surface area (TPSA) is 111 Å². The van der Waals surface area contributed by atoms with Gasteiger partial charge in [0.05, 0.1) is 42.2 Å². The zero-order valence-electron chi connectivity index (χ0n) is 16.1. The van der Waals surface area contributed by atoms with Crippen LogP contribution in [0.4, 0.5) is 0 Å². The summed E-state index contributed by atoms with van der Waals surface area (Å²) in [6.07, 6.45) is 1.25. The van der Waals surface area contributed by atoms with Gasteiger partial charge in [0.15, 0.2) is 0 Å². The molecule has 0 atom stereocenters. The minimum absolute atomic E-state index is 0.0598. The molecule has 0 saturated heterocycles. The van der Waals surface area contributed by atoms with Gasteiger partial charge in [-0.2, -0.15) is 5.26 Å². The Bertz CT molecular complexity index is 1240. The number of carbonyl (C=O) groups excluding carboxylic acids is 1. The first-order valence-electron chi connectivity index (χ1n) is 9.46. The van der Waals surface area contributed by atoms with Gasteiger partial charge in [-0.3, -0.25) is 9.59 Å². The van der Waals surface area contributed by atoms with E-state index in [0.29, 0.717) is 36.2 Å². The first-order chi connectivity index (χ1) is 14.0. The third-order valence-electron chi connectivity index (χ3n) is 5.25. The summed E-state index contributed by atoms with van der Waals surface area (Å²) in [5.41, 5.74) is 10.3. The molecule has 0 aliphatic carbocycles. The zero-order valence-corrected chi connectivity index (χ0v) is 16.1. The highest BCUT2D eigenvalue weighted by Gasteiger charge is 2.26. The fourth-order valence-corrected chi connectivity index (χ4v) is 3.84. The van der Waals surface area contributed by atoms with Crippen molar-refractivity contribution in [1.82, 2.24) is 9.55 Å². The van der Waals surface area contributed by atoms with Crippen LogP contribution in [-0.4, -0.2) is 28.7 Å². The number of benzene rings is 1. The van der Waals surface area contributed by atoms with Crippen molar-refractivity contribution in [3.63, 3.8) is 0 Å². The summed E-state index contributed by atoms with van der Waals surface area (Å²) in [6.45, 7) is 2.26. The van der Waals surface area contributed by atoms with Crippen molar-refractivity contribution < 1.29 is 9.53 Å². The fraction of sp³-hybridized carbons (Fsp3) is 0.273. The Balaban J connectivity index is 1.77. The van der Waals surface area contributed by atoms with Crippen molar-refractivity contribution in [2.24, 2.45) is 5.73 Å². The Kier molecular flexibility index (Phi) is 4.87. The summed E-state index contributed by atoms with van der Waals surface area (Å²) in [7, 11) is 0. The Morgan fingerprint density at radius 2 is 2.17 bits per heavy atom. The predicted molar refractivity (Wildman–Crippen MR) is 108 cm³/mol. The van der Waals surface area contributed by atoms with Crippen molar-refractivity contribution in [2.45, 2.75) is 26.3 Å². The van der Waals surface area contributed by atoms with Gasteiger partial charge < -0.3 is 15.0 Å². The van der Waals surface area contributed by atoms with Crippen LogP contribution in [0.5, 0.6) is 0 Å². The Morgan fingerprint density at radius 1 is 1.34 bits per heavy atom. The Hall–Kier alpha value is -3.50. The maximum atomic E-state index is 12.5. The molecule has 7 heteroatoms. The minimum atomic E-state index is -0.432. The van der Waals surface area contributed by atoms with Gasteiger partial charge >= 0.3 is 5.97 Å². The van der Waals surface area contributed by atoms with Crippen LogP contribution in [0.15, 0.2) is 35.1 Å². The third-order valence-corrected chi connectivity index (χ3v) is 5.25. The number of esters is 1. The van der Waals surface area contributed by atoms with E-state index >= 15 is 0 Å². The van der Waals surface area contributed by atoms with Crippen LogP contribution < -0.4 is 11.3 Å². The summed E-state index contributed by atoms with van der Waals surface area (Å²) < 4.78 is 6.72. The van der Waals surface area contributed by atoms with E-state index < -0.39 is 5.97 Å². The first-order valence-corrected chi connectivity index (χ1v) is 9.46. The maximum absolute atomic E-state index is 12.5. The van der Waals surface area contributed by atoms with Gasteiger partial charge in [-0.15, -0.1) is 0 Å². The molecule has 3 heterocycles. The van der Waals surface area contributed by atoms with E-state index in [2.05, 4.69) is 6.07 Å². The number of hydrogen-bond acceptors (Lipinski definition) is 6. The lowest BCUT2D eigenvalue weighted by Gasteiger charge is -2.11. The van der Waals surface area contributed by atoms with Gasteiger partial charge in [-0.1, -0.05) is 18.2 Å². The van der Waals surface area contributed by atoms with Gasteiger partial charge in [0.25, 0.3) is 5.56 Å². The van der Waals surface area contributed by atoms with Crippen molar-refractivity contribution in [2.75, 3.05) is 13.2 Å². The van der Waals surface area contributed by atoms with Crippen LogP contribution in [0.3, 0.4) is 0 Å². The highest BCUT2D eigenvalue weighted by atomic mass is 16.5. The van der Waals surface area contributed by atoms with Crippen LogP contribution in [0.2, 0.25) is 0 Å². The van der Waals surface area contributed by atoms with Crippen molar-refractivity contribution in [1.29, 1.82) is 5.26 Å². The van der Waals surface area contributed by atoms with E-state index in [1.54, 1.807) is 17.6 Å². The quantitative estimate of drug-likeness (QED) is 0.414. The van der Waals surface area contributed by atoms with Crippen LogP contribution in [0, 0.1) is 18.3 Å². The van der Waals surface area contributed by atoms with E-state index in [1.165, 1.54) is 0 Å². The van der Waals surface area contributed by atoms with E-state index in [9.17, 15) is 14.9 Å². The third kappa shape index (κ3) is 3.18. The molecule has 0 saturated carbocycles. The smallest absolute Gasteiger partial charge is 0.319 e. The van der Waals surface area contributed by atoms with Gasteiger partial charge in [0.1, 0.15) is 6.07 Å². The molecule has 1 aromatic carbocycles. The molecule has 2 aromatic heterocycles. The Morgan fingerprint density at radius 3 is 2.93 bits per heavy atom. The van der Waals surface area contributed by atoms with Crippen molar-refractivity contribution >= 4 is 16.9 Å². The lowest BCUT2D eigenvalue weighted by molar-refractivity contribution is -0.141. The highest BCUT2D eigenvalue weighted by Crippen LogP contribution is 2.36. The number of pyridine rings is 2. The second-order valence-electron chi connectivity index (χ2n) is 7.06. The molecule has 29 heavy (non-hydrogen) atoms. The number of nitrogens with zero attached hydrogens (tertiary/aromatic N) is 3. The molecule has 2 N–H and O–H groups in total. The summed E-state index contributed by atoms with van der Waals surface area (Å²) in [5, 5.41) is 10.8. The molecule has 3 aromatic rings. The van der Waals surface area contributed by atoms with Gasteiger partial charge in [0, 0.05) is 16.5 Å². The summed E-state index contributed by atoms with van der Waals surface area (Å²) in [4.78, 5) is 28.5. The first kappa shape index (κ1) is 18.8. The number of aryl methyl sites for hydroxylation is 2. The van der Waals surface area contributed by atoms with Gasteiger partial charge in [0.2, 0.25) is 0 Å². The number of carbonyl (C=O) groups is 1. The molecule has 0 fully saturated rings. The minimum Gasteiger partial charge on any atom is -0.465 e. The lowest BCUT2D eigenvalue weighted by Crippen LogP contribution is -2.20. The van der Waals surface area contributed by atoms with E-state index in [1.807, 2.05) is 24.3 Å². The summed E-state index contributed by atoms with van der Waals surface area (Å²) in [5.74, 6) is -0.432. The molecule has 0 amide bonds. The van der Waals surface area contributed by atoms with Gasteiger partial charge in [-0.25, -0.2) is 4.98 Å². The number of fused-ring (bicyclic) bond motifs is 4. The summed E-state index contributed by atoms with van der Waals surface area (Å²) in [6, 6.07) is 11.8. The average Bonchev–Trinajstić information content (AvgIpc) is 3.10. The number of aromatic nitrogens is 2. The normalized spacial score (nSPS) is 11.8. The van der Waals surface area contributed by atoms with Gasteiger partial charge in [-0.05, 0) is 37.5 Å². The zero-order chi connectivity index (χ0) is 20.5. The molecule has 7 nitrogen and oxygen atoms in total. The molecule has 0 spiro atoms. The molecule has 0 radical (unpaired) electrons. The molecular formula is C22H20N4O3. The number of ether oxygens (including phenoxy) is 1. The molecule has 0 bridgehead atoms. The lowest BCUT2D eigenvalue weighted by atomic mass is 9.95. The van der Waals surface area contributed by atoms with E-state index in [4.69, 9.17) is 15.5 Å². The van der Waals surface area contributed by atoms with E-state index in [-0.39, 0.29) is 18.7 Å². The van der Waals surface area contributed by atoms with Crippen LogP contribution >= 0.6 is 0 Å². The highest BCUT2D eigenvalue weighted by molar-refractivity contribution is 5.92. The Labute approximate surface area is 167 Å². The van der Waals surface area contributed by atoms with Crippen LogP contribution in [0.25, 0.3) is 22.3 Å². The van der Waals surface area contributed by atoms with Crippen molar-refractivity contribution in [3.8, 4) is 17.5 Å². The molecule has 1 aliphatic rings. The van der Waals surface area contributed by atoms with Crippen LogP contribution in [-0.2, 0) is 22.5 Å². The predicted octanol–water partition coefficient (Wildman–Crippen LogP) is 2.04. The van der Waals surface area contributed by atoms with Crippen molar-refractivity contribution in [3.05, 3.63) is 62.9 Å². The fourth-order valence-electron chi connectivity index (χ4n) is 3.84. The molecule has 4 rings (SSSR count). The number of rotatable bonds is 5. The maximum Gasteiger partial charge on any atom is 0.319 e. The monoisotopic (exact) mass is 388 g/mol. The molecular weight excluding hydrogens is 368 g/mol. The second-order valence-corrected chi connectivity index (χ2v) is 7.06. The number of nitrogens with two attached hydrogens (primary N) is 1. The molecule has 1 aliphatic heterocycles. The molecule has 146 valence electrons. The van der Waals surface area contributed by atoms with E-state index in [0.717, 1.165) is 27.7 Å². The summed E-state index contributed by atoms with van der Waals surface area (Å²) >= 11 is 0. The van der Waals surface area contributed by atoms with Crippen LogP contribution in [0.1, 0.15) is 28.7 Å². The second kappa shape index (κ2) is 7.49. The largest absolute Gasteiger partial charge is 0.465 e. The standard InChI is InChI=1S/C22H20N4O3/c1-13-7-8-18-21-16(12-26(18)22(13)28)15(10-23)20-14(4-2-6-17(20)25-21)5-3-9-29-19(27)11-24/h2,4,6-8H,3,5,9,11-12,24H2,1H3. The number of hydrogen-bond donors (Lipinski definition) is 1. The molecule has 0 unspecified atom stereocenters. The SMILES string of the molecule is Cc1ccc2n(c1=O)Cc1c-2nc2cccc(CCCOC(=O)CN)c2c1C#N. The average molecular weight is 388 g/mol. The number of nitriles is 1.